The van der Waals surface area contributed by atoms with E-state index in [9.17, 15) is 27.6 Å². The molecule has 3 aliphatic rings. The first-order valence-electron chi connectivity index (χ1n) is 21.1. The first kappa shape index (κ1) is 45.0. The molecule has 2 aromatic heterocycles. The van der Waals surface area contributed by atoms with E-state index in [-0.39, 0.29) is 25.8 Å². The van der Waals surface area contributed by atoms with E-state index in [1.807, 2.05) is 42.5 Å². The van der Waals surface area contributed by atoms with Gasteiger partial charge in [0.25, 0.3) is 5.91 Å². The van der Waals surface area contributed by atoms with Crippen molar-refractivity contribution in [3.8, 4) is 22.8 Å². The monoisotopic (exact) mass is 880 g/mol. The lowest BCUT2D eigenvalue weighted by molar-refractivity contribution is -0.143. The van der Waals surface area contributed by atoms with E-state index < -0.39 is 79.2 Å². The van der Waals surface area contributed by atoms with Crippen LogP contribution in [0.4, 0.5) is 4.79 Å². The Bertz CT molecular complexity index is 2520. The van der Waals surface area contributed by atoms with Crippen LogP contribution in [0.15, 0.2) is 91.6 Å². The van der Waals surface area contributed by atoms with Crippen molar-refractivity contribution in [3.05, 3.63) is 97.3 Å². The fourth-order valence-electron chi connectivity index (χ4n) is 8.12. The molecule has 1 saturated heterocycles. The lowest BCUT2D eigenvalue weighted by Gasteiger charge is -2.36. The molecule has 16 heteroatoms. The van der Waals surface area contributed by atoms with Crippen molar-refractivity contribution in [2.45, 2.75) is 108 Å². The number of fused-ring (bicyclic) bond motifs is 1. The molecule has 334 valence electrons. The number of benzene rings is 2. The van der Waals surface area contributed by atoms with Crippen LogP contribution in [0.5, 0.6) is 11.5 Å². The first-order chi connectivity index (χ1) is 29.7. The number of sulfonamides is 1. The van der Waals surface area contributed by atoms with Crippen LogP contribution in [0.25, 0.3) is 22.2 Å². The summed E-state index contributed by atoms with van der Waals surface area (Å²) < 4.78 is 46.6. The quantitative estimate of drug-likeness (QED) is 0.128. The number of likely N-dealkylation sites (tertiary alicyclic amines) is 1. The number of methoxy groups -OCH3 is 1. The highest BCUT2D eigenvalue weighted by Gasteiger charge is 2.64. The molecule has 2 aliphatic carbocycles. The zero-order chi connectivity index (χ0) is 45.5. The van der Waals surface area contributed by atoms with E-state index in [0.29, 0.717) is 46.6 Å². The highest BCUT2D eigenvalue weighted by Crippen LogP contribution is 2.48. The number of hydrogen-bond acceptors (Lipinski definition) is 11. The topological polar surface area (TPSA) is 195 Å². The van der Waals surface area contributed by atoms with Gasteiger partial charge in [0.15, 0.2) is 0 Å². The summed E-state index contributed by atoms with van der Waals surface area (Å²) in [5.74, 6) is -1.70. The average molecular weight is 881 g/mol. The Morgan fingerprint density at radius 2 is 1.70 bits per heavy atom. The predicted molar refractivity (Wildman–Crippen MR) is 237 cm³/mol. The Morgan fingerprint density at radius 1 is 0.984 bits per heavy atom. The van der Waals surface area contributed by atoms with Gasteiger partial charge >= 0.3 is 6.09 Å². The lowest BCUT2D eigenvalue weighted by Crippen LogP contribution is -2.60. The van der Waals surface area contributed by atoms with Crippen molar-refractivity contribution >= 4 is 44.7 Å². The fourth-order valence-corrected chi connectivity index (χ4v) is 9.74. The summed E-state index contributed by atoms with van der Waals surface area (Å²) >= 11 is 0. The highest BCUT2D eigenvalue weighted by molar-refractivity contribution is 7.91. The van der Waals surface area contributed by atoms with E-state index in [1.54, 1.807) is 85.2 Å². The van der Waals surface area contributed by atoms with Gasteiger partial charge in [-0.2, -0.15) is 0 Å². The number of pyridine rings is 2. The zero-order valence-corrected chi connectivity index (χ0v) is 37.6. The molecule has 0 unspecified atom stereocenters. The molecule has 3 N–H and O–H groups in total. The molecule has 3 heterocycles. The van der Waals surface area contributed by atoms with Gasteiger partial charge in [0.05, 0.1) is 29.6 Å². The van der Waals surface area contributed by atoms with Crippen molar-refractivity contribution in [3.63, 3.8) is 0 Å². The van der Waals surface area contributed by atoms with Crippen LogP contribution in [0.3, 0.4) is 0 Å². The maximum absolute atomic E-state index is 14.8. The summed E-state index contributed by atoms with van der Waals surface area (Å²) in [6.45, 7) is 14.3. The molecule has 0 bridgehead atoms. The second-order valence-electron chi connectivity index (χ2n) is 18.8. The second-order valence-corrected chi connectivity index (χ2v) is 20.9. The standard InChI is InChI=1S/C47H56N6O9S/c1-9-30-26-47(30,42(56)52-63(58,59)46(20-21-46)27-31-17-13-14-22-48-31)51-40(54)37-24-33(28-53(37)41(55)39(44(2,3)4)50-43(57)62-45(5,6)7)61-38-25-35(29-15-11-10-12-16-29)49-36-23-32(60-8)18-19-34(36)38/h9-19,22-23,25,30,33,37,39H,1,20-21,24,26-28H2,2-8H3,(H,50,57)(H,51,54)(H,52,56)/t30-,33+,37-,39+,47-/m0/s1. The molecule has 63 heavy (non-hydrogen) atoms. The molecule has 3 fully saturated rings. The molecule has 2 saturated carbocycles. The number of nitrogens with zero attached hydrogens (tertiary/aromatic N) is 3. The van der Waals surface area contributed by atoms with Gasteiger partial charge in [0.1, 0.15) is 40.8 Å². The summed E-state index contributed by atoms with van der Waals surface area (Å²) in [6, 6.07) is 19.7. The van der Waals surface area contributed by atoms with E-state index in [1.165, 1.54) is 11.0 Å². The van der Waals surface area contributed by atoms with Crippen molar-refractivity contribution in [1.29, 1.82) is 0 Å². The second kappa shape index (κ2) is 16.9. The number of aromatic nitrogens is 2. The van der Waals surface area contributed by atoms with Gasteiger partial charge < -0.3 is 29.7 Å². The third-order valence-electron chi connectivity index (χ3n) is 11.8. The lowest BCUT2D eigenvalue weighted by atomic mass is 9.85. The molecular weight excluding hydrogens is 825 g/mol. The van der Waals surface area contributed by atoms with Crippen LogP contribution < -0.4 is 24.8 Å². The highest BCUT2D eigenvalue weighted by atomic mass is 32.2. The summed E-state index contributed by atoms with van der Waals surface area (Å²) in [7, 11) is -2.65. The van der Waals surface area contributed by atoms with Crippen LogP contribution in [0.1, 0.15) is 72.9 Å². The van der Waals surface area contributed by atoms with E-state index in [4.69, 9.17) is 19.2 Å². The smallest absolute Gasteiger partial charge is 0.408 e. The summed E-state index contributed by atoms with van der Waals surface area (Å²) in [4.78, 5) is 67.4. The number of nitrogens with one attached hydrogen (secondary N) is 3. The van der Waals surface area contributed by atoms with Gasteiger partial charge in [-0.3, -0.25) is 24.1 Å². The van der Waals surface area contributed by atoms with E-state index in [2.05, 4.69) is 26.9 Å². The van der Waals surface area contributed by atoms with E-state index in [0.717, 1.165) is 5.56 Å². The third kappa shape index (κ3) is 9.65. The Kier molecular flexibility index (Phi) is 12.1. The summed E-state index contributed by atoms with van der Waals surface area (Å²) in [5, 5.41) is 6.27. The van der Waals surface area contributed by atoms with Gasteiger partial charge in [-0.05, 0) is 69.7 Å². The van der Waals surface area contributed by atoms with E-state index >= 15 is 0 Å². The van der Waals surface area contributed by atoms with Gasteiger partial charge in [0.2, 0.25) is 21.8 Å². The number of carbonyl (C=O) groups excluding carboxylic acids is 4. The van der Waals surface area contributed by atoms with Crippen molar-refractivity contribution in [1.82, 2.24) is 30.2 Å². The molecule has 1 aliphatic heterocycles. The largest absolute Gasteiger partial charge is 0.497 e. The zero-order valence-electron chi connectivity index (χ0n) is 36.8. The van der Waals surface area contributed by atoms with Gasteiger partial charge in [-0.25, -0.2) is 18.2 Å². The first-order valence-corrected chi connectivity index (χ1v) is 22.6. The molecule has 7 rings (SSSR count). The molecule has 4 aromatic rings. The number of hydrogen-bond donors (Lipinski definition) is 3. The van der Waals surface area contributed by atoms with Crippen LogP contribution in [-0.2, 0) is 35.6 Å². The molecular formula is C47H56N6O9S. The molecule has 0 spiro atoms. The number of alkyl carbamates (subject to hydrolysis) is 1. The van der Waals surface area contributed by atoms with Gasteiger partial charge in [-0.1, -0.05) is 63.2 Å². The predicted octanol–water partition coefficient (Wildman–Crippen LogP) is 5.88. The third-order valence-corrected chi connectivity index (χ3v) is 14.0. The molecule has 0 radical (unpaired) electrons. The number of carbonyl (C=O) groups is 4. The number of amides is 4. The normalized spacial score (nSPS) is 22.0. The molecule has 5 atom stereocenters. The van der Waals surface area contributed by atoms with Crippen molar-refractivity contribution < 1.29 is 41.8 Å². The van der Waals surface area contributed by atoms with Crippen molar-refractivity contribution in [2.24, 2.45) is 11.3 Å². The Labute approximate surface area is 368 Å². The average Bonchev–Trinajstić information content (AvgIpc) is 4.13. The van der Waals surface area contributed by atoms with Crippen LogP contribution >= 0.6 is 0 Å². The van der Waals surface area contributed by atoms with Crippen LogP contribution in [-0.4, -0.2) is 94.8 Å². The Hall–Kier alpha value is -6.03. The minimum Gasteiger partial charge on any atom is -0.497 e. The Balaban J connectivity index is 1.20. The number of rotatable bonds is 14. The maximum atomic E-state index is 14.8. The van der Waals surface area contributed by atoms with Crippen LogP contribution in [0, 0.1) is 11.3 Å². The maximum Gasteiger partial charge on any atom is 0.408 e. The summed E-state index contributed by atoms with van der Waals surface area (Å²) in [5.41, 5.74) is -0.714. The SMILES string of the molecule is C=C[C@H]1C[C@@]1(NC(=O)[C@@H]1C[C@@H](Oc2cc(-c3ccccc3)nc3cc(OC)ccc23)CN1C(=O)[C@@H](NC(=O)OC(C)(C)C)C(C)(C)C)C(=O)NS(=O)(=O)C1(Cc2ccccn2)CC1. The minimum atomic E-state index is -4.22. The molecule has 4 amide bonds. The van der Waals surface area contributed by atoms with Gasteiger partial charge in [0, 0.05) is 53.7 Å². The van der Waals surface area contributed by atoms with Crippen molar-refractivity contribution in [2.75, 3.05) is 13.7 Å². The minimum absolute atomic E-state index is 0.0105. The molecule has 2 aromatic carbocycles. The molecule has 15 nitrogen and oxygen atoms in total. The van der Waals surface area contributed by atoms with Gasteiger partial charge in [-0.15, -0.1) is 6.58 Å². The fraction of sp³-hybridized carbons (Fsp3) is 0.447. The summed E-state index contributed by atoms with van der Waals surface area (Å²) in [6.07, 6.45) is 2.42. The number of ether oxygens (including phenoxy) is 3. The van der Waals surface area contributed by atoms with Crippen LogP contribution in [0.2, 0.25) is 0 Å². The Morgan fingerprint density at radius 3 is 2.30 bits per heavy atom.